The molecular weight excluding hydrogens is 238 g/mol. The van der Waals surface area contributed by atoms with Crippen LogP contribution in [0.3, 0.4) is 0 Å². The Hall–Kier alpha value is -1.36. The quantitative estimate of drug-likeness (QED) is 0.893. The number of nitrogen functional groups attached to an aromatic ring is 1. The SMILES string of the molecule is CCCc1c(N)ncnc1N1CCN(CC)C(C)C1. The van der Waals surface area contributed by atoms with E-state index in [-0.39, 0.29) is 0 Å². The zero-order chi connectivity index (χ0) is 13.8. The molecule has 0 saturated carbocycles. The number of nitrogens with two attached hydrogens (primary N) is 1. The minimum Gasteiger partial charge on any atom is -0.383 e. The van der Waals surface area contributed by atoms with Crippen LogP contribution in [0.5, 0.6) is 0 Å². The number of hydrogen-bond donors (Lipinski definition) is 1. The number of rotatable bonds is 4. The molecule has 5 heteroatoms. The standard InChI is InChI=1S/C14H25N5/c1-4-6-12-13(15)16-10-17-14(12)19-8-7-18(5-2)11(3)9-19/h10-11H,4-9H2,1-3H3,(H2,15,16,17). The Kier molecular flexibility index (Phi) is 4.58. The van der Waals surface area contributed by atoms with Crippen LogP contribution in [0.25, 0.3) is 0 Å². The largest absolute Gasteiger partial charge is 0.383 e. The van der Waals surface area contributed by atoms with E-state index in [2.05, 4.69) is 40.5 Å². The number of likely N-dealkylation sites (N-methyl/N-ethyl adjacent to an activating group) is 1. The Balaban J connectivity index is 2.20. The Morgan fingerprint density at radius 1 is 1.32 bits per heavy atom. The molecule has 2 rings (SSSR count). The van der Waals surface area contributed by atoms with E-state index in [1.807, 2.05) is 0 Å². The maximum absolute atomic E-state index is 6.01. The average Bonchev–Trinajstić information content (AvgIpc) is 2.41. The molecule has 106 valence electrons. The predicted molar refractivity (Wildman–Crippen MR) is 79.4 cm³/mol. The van der Waals surface area contributed by atoms with Crippen molar-refractivity contribution in [1.82, 2.24) is 14.9 Å². The first-order chi connectivity index (χ1) is 9.17. The summed E-state index contributed by atoms with van der Waals surface area (Å²) in [5.74, 6) is 1.68. The van der Waals surface area contributed by atoms with Crippen LogP contribution in [-0.2, 0) is 6.42 Å². The maximum Gasteiger partial charge on any atom is 0.137 e. The molecule has 0 amide bonds. The van der Waals surface area contributed by atoms with Crippen molar-refractivity contribution in [3.05, 3.63) is 11.9 Å². The first kappa shape index (κ1) is 14.1. The van der Waals surface area contributed by atoms with Gasteiger partial charge in [-0.3, -0.25) is 4.90 Å². The molecule has 0 radical (unpaired) electrons. The third-order valence-corrected chi connectivity index (χ3v) is 3.93. The fraction of sp³-hybridized carbons (Fsp3) is 0.714. The van der Waals surface area contributed by atoms with E-state index in [0.717, 1.165) is 50.4 Å². The summed E-state index contributed by atoms with van der Waals surface area (Å²) in [7, 11) is 0. The highest BCUT2D eigenvalue weighted by molar-refractivity contribution is 5.57. The van der Waals surface area contributed by atoms with Crippen LogP contribution in [-0.4, -0.2) is 47.1 Å². The Labute approximate surface area is 115 Å². The average molecular weight is 263 g/mol. The van der Waals surface area contributed by atoms with Crippen LogP contribution in [0, 0.1) is 0 Å². The van der Waals surface area contributed by atoms with E-state index in [9.17, 15) is 0 Å². The summed E-state index contributed by atoms with van der Waals surface area (Å²) in [5, 5.41) is 0. The van der Waals surface area contributed by atoms with Crippen LogP contribution in [0.4, 0.5) is 11.6 Å². The molecule has 1 aromatic rings. The number of aromatic nitrogens is 2. The molecule has 1 unspecified atom stereocenters. The summed E-state index contributed by atoms with van der Waals surface area (Å²) in [4.78, 5) is 13.5. The van der Waals surface area contributed by atoms with Gasteiger partial charge in [0, 0.05) is 31.2 Å². The molecule has 1 saturated heterocycles. The molecule has 1 fully saturated rings. The Morgan fingerprint density at radius 2 is 2.11 bits per heavy atom. The summed E-state index contributed by atoms with van der Waals surface area (Å²) in [6, 6.07) is 0.560. The van der Waals surface area contributed by atoms with Gasteiger partial charge >= 0.3 is 0 Å². The molecule has 5 nitrogen and oxygen atoms in total. The molecule has 1 aromatic heterocycles. The molecule has 1 aliphatic rings. The highest BCUT2D eigenvalue weighted by Gasteiger charge is 2.25. The first-order valence-electron chi connectivity index (χ1n) is 7.25. The van der Waals surface area contributed by atoms with Crippen molar-refractivity contribution in [2.75, 3.05) is 36.8 Å². The van der Waals surface area contributed by atoms with E-state index in [1.165, 1.54) is 0 Å². The van der Waals surface area contributed by atoms with Gasteiger partial charge in [0.2, 0.25) is 0 Å². The predicted octanol–water partition coefficient (Wildman–Crippen LogP) is 1.54. The van der Waals surface area contributed by atoms with Gasteiger partial charge in [0.05, 0.1) is 0 Å². The Morgan fingerprint density at radius 3 is 2.74 bits per heavy atom. The van der Waals surface area contributed by atoms with Crippen LogP contribution in [0.1, 0.15) is 32.8 Å². The summed E-state index contributed by atoms with van der Waals surface area (Å²) >= 11 is 0. The molecule has 0 aliphatic carbocycles. The highest BCUT2D eigenvalue weighted by Crippen LogP contribution is 2.25. The molecular formula is C14H25N5. The van der Waals surface area contributed by atoms with Gasteiger partial charge in [0.15, 0.2) is 0 Å². The van der Waals surface area contributed by atoms with Gasteiger partial charge in [-0.25, -0.2) is 9.97 Å². The molecule has 1 atom stereocenters. The zero-order valence-corrected chi connectivity index (χ0v) is 12.3. The lowest BCUT2D eigenvalue weighted by Crippen LogP contribution is -2.52. The summed E-state index contributed by atoms with van der Waals surface area (Å²) in [6.07, 6.45) is 3.60. The second-order valence-electron chi connectivity index (χ2n) is 5.23. The highest BCUT2D eigenvalue weighted by atomic mass is 15.3. The monoisotopic (exact) mass is 263 g/mol. The zero-order valence-electron chi connectivity index (χ0n) is 12.3. The lowest BCUT2D eigenvalue weighted by atomic mass is 10.1. The molecule has 0 aromatic carbocycles. The molecule has 0 spiro atoms. The van der Waals surface area contributed by atoms with E-state index < -0.39 is 0 Å². The fourth-order valence-electron chi connectivity index (χ4n) is 2.84. The van der Waals surface area contributed by atoms with Crippen molar-refractivity contribution < 1.29 is 0 Å². The number of piperazine rings is 1. The van der Waals surface area contributed by atoms with Gasteiger partial charge in [-0.1, -0.05) is 20.3 Å². The summed E-state index contributed by atoms with van der Waals surface area (Å²) < 4.78 is 0. The van der Waals surface area contributed by atoms with Crippen molar-refractivity contribution in [3.8, 4) is 0 Å². The van der Waals surface area contributed by atoms with Crippen LogP contribution >= 0.6 is 0 Å². The van der Waals surface area contributed by atoms with Crippen molar-refractivity contribution in [3.63, 3.8) is 0 Å². The lowest BCUT2D eigenvalue weighted by Gasteiger charge is -2.40. The van der Waals surface area contributed by atoms with Gasteiger partial charge in [-0.2, -0.15) is 0 Å². The normalized spacial score (nSPS) is 20.8. The van der Waals surface area contributed by atoms with Crippen LogP contribution in [0.15, 0.2) is 6.33 Å². The van der Waals surface area contributed by atoms with E-state index >= 15 is 0 Å². The van der Waals surface area contributed by atoms with Gasteiger partial charge < -0.3 is 10.6 Å². The van der Waals surface area contributed by atoms with Gasteiger partial charge in [-0.05, 0) is 19.9 Å². The smallest absolute Gasteiger partial charge is 0.137 e. The van der Waals surface area contributed by atoms with Gasteiger partial charge in [0.1, 0.15) is 18.0 Å². The van der Waals surface area contributed by atoms with Crippen molar-refractivity contribution in [1.29, 1.82) is 0 Å². The number of hydrogen-bond acceptors (Lipinski definition) is 5. The second-order valence-corrected chi connectivity index (χ2v) is 5.23. The minimum absolute atomic E-state index is 0.560. The third kappa shape index (κ3) is 2.97. The van der Waals surface area contributed by atoms with E-state index in [0.29, 0.717) is 11.9 Å². The van der Waals surface area contributed by atoms with E-state index in [1.54, 1.807) is 6.33 Å². The molecule has 2 N–H and O–H groups in total. The molecule has 1 aliphatic heterocycles. The van der Waals surface area contributed by atoms with Crippen LogP contribution < -0.4 is 10.6 Å². The molecule has 0 bridgehead atoms. The second kappa shape index (κ2) is 6.19. The van der Waals surface area contributed by atoms with Crippen molar-refractivity contribution in [2.45, 2.75) is 39.7 Å². The lowest BCUT2D eigenvalue weighted by molar-refractivity contribution is 0.199. The summed E-state index contributed by atoms with van der Waals surface area (Å²) in [6.45, 7) is 10.9. The van der Waals surface area contributed by atoms with Gasteiger partial charge in [0.25, 0.3) is 0 Å². The fourth-order valence-corrected chi connectivity index (χ4v) is 2.84. The minimum atomic E-state index is 0.560. The number of nitrogens with zero attached hydrogens (tertiary/aromatic N) is 4. The number of anilines is 2. The Bertz CT molecular complexity index is 420. The van der Waals surface area contributed by atoms with Crippen LogP contribution in [0.2, 0.25) is 0 Å². The summed E-state index contributed by atoms with van der Waals surface area (Å²) in [5.41, 5.74) is 7.13. The topological polar surface area (TPSA) is 58.3 Å². The van der Waals surface area contributed by atoms with E-state index in [4.69, 9.17) is 5.73 Å². The maximum atomic E-state index is 6.01. The van der Waals surface area contributed by atoms with Gasteiger partial charge in [-0.15, -0.1) is 0 Å². The first-order valence-corrected chi connectivity index (χ1v) is 7.25. The van der Waals surface area contributed by atoms with Crippen molar-refractivity contribution in [2.24, 2.45) is 0 Å². The van der Waals surface area contributed by atoms with Crippen molar-refractivity contribution >= 4 is 11.6 Å². The molecule has 19 heavy (non-hydrogen) atoms. The molecule has 2 heterocycles. The third-order valence-electron chi connectivity index (χ3n) is 3.93.